The number of sulfonamides is 1. The van der Waals surface area contributed by atoms with Crippen LogP contribution >= 0.6 is 0 Å². The van der Waals surface area contributed by atoms with Gasteiger partial charge in [0.2, 0.25) is 15.9 Å². The van der Waals surface area contributed by atoms with Gasteiger partial charge in [-0.2, -0.15) is 0 Å². The van der Waals surface area contributed by atoms with Gasteiger partial charge in [0.15, 0.2) is 0 Å². The minimum absolute atomic E-state index is 0.0887. The van der Waals surface area contributed by atoms with E-state index in [9.17, 15) is 22.0 Å². The first-order valence-corrected chi connectivity index (χ1v) is 7.54. The Kier molecular flexibility index (Phi) is 6.19. The average Bonchev–Trinajstić information content (AvgIpc) is 2.35. The number of carbonyl (C=O) groups is 1. The number of benzene rings is 1. The highest BCUT2D eigenvalue weighted by molar-refractivity contribution is 7.89. The largest absolute Gasteiger partial charge is 0.375 e. The van der Waals surface area contributed by atoms with Gasteiger partial charge in [0.05, 0.1) is 17.9 Å². The first kappa shape index (κ1) is 17.5. The Hall–Kier alpha value is -1.58. The highest BCUT2D eigenvalue weighted by Gasteiger charge is 2.15. The van der Waals surface area contributed by atoms with E-state index in [0.717, 1.165) is 0 Å². The Morgan fingerprint density at radius 1 is 1.43 bits per heavy atom. The fourth-order valence-electron chi connectivity index (χ4n) is 1.61. The van der Waals surface area contributed by atoms with Gasteiger partial charge in [0, 0.05) is 5.69 Å². The third-order valence-corrected chi connectivity index (χ3v) is 3.64. The lowest BCUT2D eigenvalue weighted by molar-refractivity contribution is -0.117. The summed E-state index contributed by atoms with van der Waals surface area (Å²) in [4.78, 5) is 11.5. The van der Waals surface area contributed by atoms with Crippen LogP contribution in [0.25, 0.3) is 0 Å². The second-order valence-corrected chi connectivity index (χ2v) is 5.77. The summed E-state index contributed by atoms with van der Waals surface area (Å²) in [5.74, 6) is -0.473. The number of nitrogens with two attached hydrogens (primary N) is 1. The number of hydrogen-bond donors (Lipinski definition) is 2. The van der Waals surface area contributed by atoms with Gasteiger partial charge < -0.3 is 10.1 Å². The van der Waals surface area contributed by atoms with Crippen molar-refractivity contribution in [2.75, 3.05) is 18.5 Å². The fraction of sp³-hybridized carbons (Fsp3) is 0.417. The highest BCUT2D eigenvalue weighted by Crippen LogP contribution is 2.22. The summed E-state index contributed by atoms with van der Waals surface area (Å²) in [6, 6.07) is 4.28. The zero-order valence-corrected chi connectivity index (χ0v) is 12.1. The molecule has 6 nitrogen and oxygen atoms in total. The van der Waals surface area contributed by atoms with Crippen LogP contribution in [-0.4, -0.2) is 34.0 Å². The number of ether oxygens (including phenoxy) is 1. The van der Waals surface area contributed by atoms with Gasteiger partial charge in [0.25, 0.3) is 6.43 Å². The third-order valence-electron chi connectivity index (χ3n) is 2.58. The van der Waals surface area contributed by atoms with Crippen LogP contribution in [-0.2, 0) is 19.6 Å². The van der Waals surface area contributed by atoms with Crippen LogP contribution in [0.1, 0.15) is 12.0 Å². The van der Waals surface area contributed by atoms with Gasteiger partial charge in [-0.25, -0.2) is 22.3 Å². The van der Waals surface area contributed by atoms with Crippen molar-refractivity contribution in [1.82, 2.24) is 0 Å². The van der Waals surface area contributed by atoms with Crippen LogP contribution in [0, 0.1) is 6.92 Å². The molecule has 0 aromatic heterocycles. The molecule has 0 atom stereocenters. The van der Waals surface area contributed by atoms with Crippen LogP contribution < -0.4 is 10.5 Å². The summed E-state index contributed by atoms with van der Waals surface area (Å²) < 4.78 is 50.9. The van der Waals surface area contributed by atoms with Gasteiger partial charge in [-0.1, -0.05) is 6.07 Å². The van der Waals surface area contributed by atoms with E-state index in [0.29, 0.717) is 11.3 Å². The first-order valence-electron chi connectivity index (χ1n) is 6.00. The standard InChI is InChI=1S/C12H16F2N2O4S/c1-8-9(3-2-4-10(8)21(15,18)19)16-12(17)5-6-20-7-11(13)14/h2-4,11H,5-7H2,1H3,(H,16,17)(H2,15,18,19). The van der Waals surface area contributed by atoms with E-state index in [2.05, 4.69) is 10.1 Å². The molecular formula is C12H16F2N2O4S. The summed E-state index contributed by atoms with van der Waals surface area (Å²) in [6.07, 6.45) is -2.70. The van der Waals surface area contributed by atoms with Gasteiger partial charge >= 0.3 is 0 Å². The van der Waals surface area contributed by atoms with Crippen molar-refractivity contribution in [3.63, 3.8) is 0 Å². The topological polar surface area (TPSA) is 98.5 Å². The molecule has 3 N–H and O–H groups in total. The number of halogens is 2. The average molecular weight is 322 g/mol. The SMILES string of the molecule is Cc1c(NC(=O)CCOCC(F)F)cccc1S(N)(=O)=O. The van der Waals surface area contributed by atoms with Crippen LogP contribution in [0.4, 0.5) is 14.5 Å². The molecule has 0 saturated carbocycles. The molecule has 0 unspecified atom stereocenters. The molecule has 21 heavy (non-hydrogen) atoms. The number of anilines is 1. The van der Waals surface area contributed by atoms with Crippen molar-refractivity contribution < 1.29 is 26.7 Å². The number of hydrogen-bond acceptors (Lipinski definition) is 4. The van der Waals surface area contributed by atoms with E-state index in [1.807, 2.05) is 0 Å². The lowest BCUT2D eigenvalue weighted by Gasteiger charge is -2.11. The summed E-state index contributed by atoms with van der Waals surface area (Å²) in [7, 11) is -3.88. The summed E-state index contributed by atoms with van der Waals surface area (Å²) in [6.45, 7) is 0.625. The van der Waals surface area contributed by atoms with Crippen molar-refractivity contribution in [3.8, 4) is 0 Å². The fourth-order valence-corrected chi connectivity index (χ4v) is 2.41. The Morgan fingerprint density at radius 2 is 2.10 bits per heavy atom. The highest BCUT2D eigenvalue weighted by atomic mass is 32.2. The lowest BCUT2D eigenvalue weighted by atomic mass is 10.2. The number of rotatable bonds is 7. The molecule has 1 aromatic carbocycles. The molecule has 0 fully saturated rings. The Balaban J connectivity index is 2.65. The van der Waals surface area contributed by atoms with Crippen LogP contribution in [0.5, 0.6) is 0 Å². The number of amides is 1. The molecule has 0 saturated heterocycles. The van der Waals surface area contributed by atoms with Crippen LogP contribution in [0.2, 0.25) is 0 Å². The quantitative estimate of drug-likeness (QED) is 0.738. The van der Waals surface area contributed by atoms with Gasteiger partial charge in [0.1, 0.15) is 6.61 Å². The molecule has 1 aromatic rings. The predicted molar refractivity (Wildman–Crippen MR) is 72.6 cm³/mol. The van der Waals surface area contributed by atoms with Crippen LogP contribution in [0.3, 0.4) is 0 Å². The first-order chi connectivity index (χ1) is 9.71. The monoisotopic (exact) mass is 322 g/mol. The molecule has 118 valence electrons. The van der Waals surface area contributed by atoms with E-state index in [-0.39, 0.29) is 17.9 Å². The molecule has 0 aliphatic heterocycles. The molecule has 0 spiro atoms. The molecule has 0 aliphatic carbocycles. The van der Waals surface area contributed by atoms with Crippen molar-refractivity contribution in [2.45, 2.75) is 24.7 Å². The summed E-state index contributed by atoms with van der Waals surface area (Å²) >= 11 is 0. The molecule has 0 aliphatic rings. The molecular weight excluding hydrogens is 306 g/mol. The minimum atomic E-state index is -3.88. The second-order valence-electron chi connectivity index (χ2n) is 4.24. The Labute approximate surface area is 121 Å². The molecule has 0 heterocycles. The minimum Gasteiger partial charge on any atom is -0.375 e. The number of nitrogens with one attached hydrogen (secondary N) is 1. The van der Waals surface area contributed by atoms with Crippen molar-refractivity contribution in [3.05, 3.63) is 23.8 Å². The van der Waals surface area contributed by atoms with Crippen molar-refractivity contribution in [2.24, 2.45) is 5.14 Å². The normalized spacial score (nSPS) is 11.7. The third kappa shape index (κ3) is 5.74. The Bertz CT molecular complexity index is 605. The molecule has 1 rings (SSSR count). The zero-order valence-electron chi connectivity index (χ0n) is 11.3. The van der Waals surface area contributed by atoms with Gasteiger partial charge in [-0.15, -0.1) is 0 Å². The second kappa shape index (κ2) is 7.43. The molecule has 0 bridgehead atoms. The Morgan fingerprint density at radius 3 is 2.67 bits per heavy atom. The number of carbonyl (C=O) groups excluding carboxylic acids is 1. The number of primary sulfonamides is 1. The maximum absolute atomic E-state index is 11.8. The van der Waals surface area contributed by atoms with Gasteiger partial charge in [-0.05, 0) is 24.6 Å². The maximum Gasteiger partial charge on any atom is 0.261 e. The predicted octanol–water partition coefficient (Wildman–Crippen LogP) is 1.25. The van der Waals surface area contributed by atoms with Crippen LogP contribution in [0.15, 0.2) is 23.1 Å². The summed E-state index contributed by atoms with van der Waals surface area (Å²) in [5.41, 5.74) is 0.599. The van der Waals surface area contributed by atoms with E-state index in [1.54, 1.807) is 0 Å². The van der Waals surface area contributed by atoms with Crippen molar-refractivity contribution >= 4 is 21.6 Å². The van der Waals surface area contributed by atoms with E-state index in [1.165, 1.54) is 25.1 Å². The molecule has 9 heteroatoms. The zero-order chi connectivity index (χ0) is 16.0. The maximum atomic E-state index is 11.8. The van der Waals surface area contributed by atoms with Gasteiger partial charge in [-0.3, -0.25) is 4.79 Å². The lowest BCUT2D eigenvalue weighted by Crippen LogP contribution is -2.18. The molecule has 1 amide bonds. The number of alkyl halides is 2. The summed E-state index contributed by atoms with van der Waals surface area (Å²) in [5, 5.41) is 7.54. The molecule has 0 radical (unpaired) electrons. The smallest absolute Gasteiger partial charge is 0.261 e. The van der Waals surface area contributed by atoms with E-state index >= 15 is 0 Å². The van der Waals surface area contributed by atoms with E-state index < -0.39 is 29.0 Å². The van der Waals surface area contributed by atoms with E-state index in [4.69, 9.17) is 5.14 Å². The van der Waals surface area contributed by atoms with Crippen molar-refractivity contribution in [1.29, 1.82) is 0 Å².